The predicted octanol–water partition coefficient (Wildman–Crippen LogP) is 1.56. The largest absolute Gasteiger partial charge is 0.391 e. The van der Waals surface area contributed by atoms with Crippen molar-refractivity contribution < 1.29 is 9.84 Å². The van der Waals surface area contributed by atoms with Crippen molar-refractivity contribution in [2.45, 2.75) is 26.4 Å². The summed E-state index contributed by atoms with van der Waals surface area (Å²) in [5.41, 5.74) is 1.90. The lowest BCUT2D eigenvalue weighted by Gasteiger charge is -2.12. The first kappa shape index (κ1) is 14.2. The molecule has 1 unspecified atom stereocenters. The standard InChI is InChI=1S/C11H18ClN3O2/c1-7-8(2)11(15-14-10(7)12)13-5-4-9(16)6-17-3/h9,16H,4-6H2,1-3H3,(H,13,15). The predicted molar refractivity (Wildman–Crippen MR) is 67.5 cm³/mol. The fourth-order valence-electron chi connectivity index (χ4n) is 1.38. The van der Waals surface area contributed by atoms with Gasteiger partial charge in [-0.1, -0.05) is 11.6 Å². The van der Waals surface area contributed by atoms with E-state index in [9.17, 15) is 5.11 Å². The van der Waals surface area contributed by atoms with Crippen molar-refractivity contribution in [1.82, 2.24) is 10.2 Å². The zero-order valence-corrected chi connectivity index (χ0v) is 11.1. The zero-order chi connectivity index (χ0) is 12.8. The molecule has 0 aliphatic rings. The molecule has 1 aromatic rings. The maximum atomic E-state index is 9.47. The molecule has 1 heterocycles. The van der Waals surface area contributed by atoms with Gasteiger partial charge < -0.3 is 15.2 Å². The lowest BCUT2D eigenvalue weighted by molar-refractivity contribution is 0.0615. The molecule has 0 bridgehead atoms. The van der Waals surface area contributed by atoms with Crippen LogP contribution in [0.5, 0.6) is 0 Å². The van der Waals surface area contributed by atoms with Crippen LogP contribution in [0.1, 0.15) is 17.5 Å². The number of aromatic nitrogens is 2. The van der Waals surface area contributed by atoms with E-state index in [2.05, 4.69) is 15.5 Å². The Balaban J connectivity index is 2.50. The summed E-state index contributed by atoms with van der Waals surface area (Å²) < 4.78 is 4.84. The summed E-state index contributed by atoms with van der Waals surface area (Å²) in [5, 5.41) is 20.8. The van der Waals surface area contributed by atoms with Crippen LogP contribution < -0.4 is 5.32 Å². The summed E-state index contributed by atoms with van der Waals surface area (Å²) in [6.45, 7) is 4.79. The second kappa shape index (κ2) is 6.74. The Hall–Kier alpha value is -0.910. The molecule has 6 heteroatoms. The lowest BCUT2D eigenvalue weighted by atomic mass is 10.2. The Morgan fingerprint density at radius 3 is 2.71 bits per heavy atom. The molecule has 0 aliphatic carbocycles. The van der Waals surface area contributed by atoms with Gasteiger partial charge in [-0.2, -0.15) is 0 Å². The Morgan fingerprint density at radius 2 is 2.06 bits per heavy atom. The van der Waals surface area contributed by atoms with Gasteiger partial charge in [0.25, 0.3) is 0 Å². The summed E-state index contributed by atoms with van der Waals surface area (Å²) in [7, 11) is 1.56. The van der Waals surface area contributed by atoms with Crippen molar-refractivity contribution in [1.29, 1.82) is 0 Å². The van der Waals surface area contributed by atoms with E-state index in [0.717, 1.165) is 11.1 Å². The molecule has 0 spiro atoms. The van der Waals surface area contributed by atoms with Crippen LogP contribution >= 0.6 is 11.6 Å². The summed E-state index contributed by atoms with van der Waals surface area (Å²) in [6.07, 6.45) is 0.130. The average molecular weight is 260 g/mol. The van der Waals surface area contributed by atoms with Crippen LogP contribution in [0.2, 0.25) is 5.15 Å². The summed E-state index contributed by atoms with van der Waals surface area (Å²) in [5.74, 6) is 0.705. The Morgan fingerprint density at radius 1 is 1.35 bits per heavy atom. The number of aliphatic hydroxyl groups is 1. The first-order chi connectivity index (χ1) is 8.06. The van der Waals surface area contributed by atoms with Gasteiger partial charge in [0.1, 0.15) is 0 Å². The molecule has 0 radical (unpaired) electrons. The molecule has 0 aromatic carbocycles. The molecule has 1 rings (SSSR count). The second-order valence-corrected chi connectivity index (χ2v) is 4.27. The summed E-state index contributed by atoms with van der Waals surface area (Å²) in [6, 6.07) is 0. The van der Waals surface area contributed by atoms with Crippen LogP contribution in [-0.2, 0) is 4.74 Å². The molecule has 0 saturated heterocycles. The van der Waals surface area contributed by atoms with Crippen LogP contribution in [-0.4, -0.2) is 41.7 Å². The third-order valence-electron chi connectivity index (χ3n) is 2.59. The zero-order valence-electron chi connectivity index (χ0n) is 10.3. The van der Waals surface area contributed by atoms with Crippen LogP contribution in [0.3, 0.4) is 0 Å². The van der Waals surface area contributed by atoms with Gasteiger partial charge in [-0.05, 0) is 31.4 Å². The molecule has 1 atom stereocenters. The highest BCUT2D eigenvalue weighted by Crippen LogP contribution is 2.20. The van der Waals surface area contributed by atoms with E-state index in [1.165, 1.54) is 0 Å². The van der Waals surface area contributed by atoms with E-state index < -0.39 is 6.10 Å². The van der Waals surface area contributed by atoms with Gasteiger partial charge in [0.2, 0.25) is 0 Å². The van der Waals surface area contributed by atoms with Crippen molar-refractivity contribution in [2.24, 2.45) is 0 Å². The van der Waals surface area contributed by atoms with Crippen LogP contribution in [0.4, 0.5) is 5.82 Å². The molecule has 96 valence electrons. The minimum absolute atomic E-state index is 0.339. The molecule has 0 aliphatic heterocycles. The highest BCUT2D eigenvalue weighted by Gasteiger charge is 2.08. The number of aliphatic hydroxyl groups excluding tert-OH is 1. The quantitative estimate of drug-likeness (QED) is 0.812. The molecule has 0 fully saturated rings. The van der Waals surface area contributed by atoms with Crippen molar-refractivity contribution in [3.05, 3.63) is 16.3 Å². The van der Waals surface area contributed by atoms with Crippen molar-refractivity contribution in [2.75, 3.05) is 25.6 Å². The fraction of sp³-hybridized carbons (Fsp3) is 0.636. The Labute approximate surface area is 106 Å². The van der Waals surface area contributed by atoms with Gasteiger partial charge >= 0.3 is 0 Å². The third-order valence-corrected chi connectivity index (χ3v) is 2.95. The highest BCUT2D eigenvalue weighted by atomic mass is 35.5. The average Bonchev–Trinajstić information content (AvgIpc) is 2.29. The van der Waals surface area contributed by atoms with E-state index in [0.29, 0.717) is 30.5 Å². The van der Waals surface area contributed by atoms with Gasteiger partial charge in [0.15, 0.2) is 11.0 Å². The number of nitrogens with one attached hydrogen (secondary N) is 1. The first-order valence-corrected chi connectivity index (χ1v) is 5.84. The lowest BCUT2D eigenvalue weighted by Crippen LogP contribution is -2.19. The minimum atomic E-state index is -0.464. The molecule has 0 saturated carbocycles. The van der Waals surface area contributed by atoms with Gasteiger partial charge in [-0.15, -0.1) is 10.2 Å². The number of methoxy groups -OCH3 is 1. The molecule has 2 N–H and O–H groups in total. The third kappa shape index (κ3) is 4.11. The minimum Gasteiger partial charge on any atom is -0.391 e. The molecule has 0 amide bonds. The monoisotopic (exact) mass is 259 g/mol. The van der Waals surface area contributed by atoms with Gasteiger partial charge in [0, 0.05) is 13.7 Å². The number of ether oxygens (including phenoxy) is 1. The maximum Gasteiger partial charge on any atom is 0.155 e. The molecular formula is C11H18ClN3O2. The van der Waals surface area contributed by atoms with Gasteiger partial charge in [0.05, 0.1) is 12.7 Å². The molecule has 17 heavy (non-hydrogen) atoms. The van der Waals surface area contributed by atoms with E-state index in [1.54, 1.807) is 7.11 Å². The Bertz CT molecular complexity index is 374. The van der Waals surface area contributed by atoms with E-state index in [-0.39, 0.29) is 0 Å². The SMILES string of the molecule is COCC(O)CCNc1nnc(Cl)c(C)c1C. The maximum absolute atomic E-state index is 9.47. The number of nitrogens with zero attached hydrogens (tertiary/aromatic N) is 2. The highest BCUT2D eigenvalue weighted by molar-refractivity contribution is 6.30. The van der Waals surface area contributed by atoms with Crippen LogP contribution in [0, 0.1) is 13.8 Å². The van der Waals surface area contributed by atoms with Gasteiger partial charge in [-0.3, -0.25) is 0 Å². The number of rotatable bonds is 6. The number of halogens is 1. The summed E-state index contributed by atoms with van der Waals surface area (Å²) in [4.78, 5) is 0. The van der Waals surface area contributed by atoms with Crippen LogP contribution in [0.25, 0.3) is 0 Å². The normalized spacial score (nSPS) is 12.5. The smallest absolute Gasteiger partial charge is 0.155 e. The van der Waals surface area contributed by atoms with E-state index in [1.807, 2.05) is 13.8 Å². The topological polar surface area (TPSA) is 67.3 Å². The van der Waals surface area contributed by atoms with Crippen molar-refractivity contribution in [3.63, 3.8) is 0 Å². The van der Waals surface area contributed by atoms with E-state index in [4.69, 9.17) is 16.3 Å². The fourth-order valence-corrected chi connectivity index (χ4v) is 1.56. The summed E-state index contributed by atoms with van der Waals surface area (Å²) >= 11 is 5.85. The van der Waals surface area contributed by atoms with Crippen molar-refractivity contribution >= 4 is 17.4 Å². The number of anilines is 1. The van der Waals surface area contributed by atoms with E-state index >= 15 is 0 Å². The molecule has 5 nitrogen and oxygen atoms in total. The Kier molecular flexibility index (Phi) is 5.61. The second-order valence-electron chi connectivity index (χ2n) is 3.91. The first-order valence-electron chi connectivity index (χ1n) is 5.46. The van der Waals surface area contributed by atoms with Crippen LogP contribution in [0.15, 0.2) is 0 Å². The molecule has 1 aromatic heterocycles. The number of hydrogen-bond acceptors (Lipinski definition) is 5. The molecular weight excluding hydrogens is 242 g/mol. The number of hydrogen-bond donors (Lipinski definition) is 2. The van der Waals surface area contributed by atoms with Crippen molar-refractivity contribution in [3.8, 4) is 0 Å². The van der Waals surface area contributed by atoms with Gasteiger partial charge in [-0.25, -0.2) is 0 Å².